The van der Waals surface area contributed by atoms with Gasteiger partial charge in [-0.1, -0.05) is 34.1 Å². The summed E-state index contributed by atoms with van der Waals surface area (Å²) in [6.45, 7) is 2.03. The minimum absolute atomic E-state index is 0.0557. The number of benzene rings is 3. The van der Waals surface area contributed by atoms with Crippen molar-refractivity contribution < 1.29 is 17.9 Å². The Kier molecular flexibility index (Phi) is 6.79. The van der Waals surface area contributed by atoms with Crippen molar-refractivity contribution in [2.75, 3.05) is 23.3 Å². The summed E-state index contributed by atoms with van der Waals surface area (Å²) in [5.74, 6) is -0.00655. The van der Waals surface area contributed by atoms with Crippen LogP contribution in [-0.2, 0) is 10.0 Å². The lowest BCUT2D eigenvalue weighted by atomic mass is 10.2. The van der Waals surface area contributed by atoms with Crippen LogP contribution in [0.15, 0.2) is 82.2 Å². The van der Waals surface area contributed by atoms with E-state index in [0.29, 0.717) is 17.0 Å². The first-order chi connectivity index (χ1) is 14.4. The van der Waals surface area contributed by atoms with Crippen LogP contribution >= 0.6 is 15.9 Å². The molecule has 156 valence electrons. The number of hydrogen-bond donors (Lipinski definition) is 1. The molecule has 0 aromatic heterocycles. The van der Waals surface area contributed by atoms with Gasteiger partial charge in [0, 0.05) is 16.6 Å². The fraction of sp³-hybridized carbons (Fsp3) is 0.136. The smallest absolute Gasteiger partial charge is 0.264 e. The second kappa shape index (κ2) is 9.32. The highest BCUT2D eigenvalue weighted by atomic mass is 79.9. The maximum atomic E-state index is 13.3. The number of hydrogen-bond acceptors (Lipinski definition) is 4. The Labute approximate surface area is 184 Å². The second-order valence-electron chi connectivity index (χ2n) is 6.33. The number of halogens is 1. The van der Waals surface area contributed by atoms with Gasteiger partial charge in [0.2, 0.25) is 0 Å². The number of amides is 1. The molecule has 1 amide bonds. The van der Waals surface area contributed by atoms with Gasteiger partial charge in [-0.2, -0.15) is 0 Å². The summed E-state index contributed by atoms with van der Waals surface area (Å²) in [4.78, 5) is 12.7. The number of carbonyl (C=O) groups is 1. The standard InChI is InChI=1S/C22H21BrN2O4S/c1-3-25(18-7-5-4-6-8-18)30(27,28)19-13-14-21(29-2)20(15-19)24-22(26)16-9-11-17(23)12-10-16/h4-15H,3H2,1-2H3,(H,24,26). The Hall–Kier alpha value is -2.84. The zero-order valence-electron chi connectivity index (χ0n) is 16.5. The molecular weight excluding hydrogens is 468 g/mol. The quantitative estimate of drug-likeness (QED) is 0.511. The molecule has 1 N–H and O–H groups in total. The van der Waals surface area contributed by atoms with E-state index in [1.165, 1.54) is 29.6 Å². The van der Waals surface area contributed by atoms with Gasteiger partial charge in [0.15, 0.2) is 0 Å². The molecule has 3 aromatic carbocycles. The number of anilines is 2. The van der Waals surface area contributed by atoms with Crippen LogP contribution in [0.2, 0.25) is 0 Å². The predicted octanol–water partition coefficient (Wildman–Crippen LogP) is 4.93. The summed E-state index contributed by atoms with van der Waals surface area (Å²) in [7, 11) is -2.38. The van der Waals surface area contributed by atoms with E-state index < -0.39 is 10.0 Å². The molecule has 0 bridgehead atoms. The van der Waals surface area contributed by atoms with Crippen LogP contribution in [0.1, 0.15) is 17.3 Å². The Morgan fingerprint density at radius 2 is 1.70 bits per heavy atom. The van der Waals surface area contributed by atoms with Crippen LogP contribution in [-0.4, -0.2) is 28.0 Å². The fourth-order valence-corrected chi connectivity index (χ4v) is 4.72. The third kappa shape index (κ3) is 4.66. The molecule has 0 spiro atoms. The first-order valence-electron chi connectivity index (χ1n) is 9.19. The van der Waals surface area contributed by atoms with Gasteiger partial charge in [0.25, 0.3) is 15.9 Å². The minimum atomic E-state index is -3.84. The summed E-state index contributed by atoms with van der Waals surface area (Å²) in [6, 6.07) is 20.1. The second-order valence-corrected chi connectivity index (χ2v) is 9.11. The van der Waals surface area contributed by atoms with Crippen molar-refractivity contribution in [2.45, 2.75) is 11.8 Å². The lowest BCUT2D eigenvalue weighted by Crippen LogP contribution is -2.30. The molecule has 3 rings (SSSR count). The molecule has 6 nitrogen and oxygen atoms in total. The summed E-state index contributed by atoms with van der Waals surface area (Å²) in [5, 5.41) is 2.74. The summed E-state index contributed by atoms with van der Waals surface area (Å²) >= 11 is 3.33. The van der Waals surface area contributed by atoms with E-state index in [0.717, 1.165) is 4.47 Å². The number of para-hydroxylation sites is 1. The molecule has 0 saturated carbocycles. The predicted molar refractivity (Wildman–Crippen MR) is 122 cm³/mol. The minimum Gasteiger partial charge on any atom is -0.495 e. The molecule has 0 aliphatic rings. The molecule has 0 radical (unpaired) electrons. The van der Waals surface area contributed by atoms with Crippen LogP contribution in [0.25, 0.3) is 0 Å². The van der Waals surface area contributed by atoms with Gasteiger partial charge in [-0.25, -0.2) is 8.42 Å². The van der Waals surface area contributed by atoms with E-state index in [1.54, 1.807) is 55.5 Å². The molecule has 30 heavy (non-hydrogen) atoms. The number of rotatable bonds is 7. The SMILES string of the molecule is CCN(c1ccccc1)S(=O)(=O)c1ccc(OC)c(NC(=O)c2ccc(Br)cc2)c1. The maximum absolute atomic E-state index is 13.3. The Balaban J connectivity index is 1.97. The van der Waals surface area contributed by atoms with Crippen molar-refractivity contribution in [1.82, 2.24) is 0 Å². The first kappa shape index (κ1) is 21.9. The van der Waals surface area contributed by atoms with E-state index >= 15 is 0 Å². The van der Waals surface area contributed by atoms with Crippen molar-refractivity contribution in [1.29, 1.82) is 0 Å². The van der Waals surface area contributed by atoms with Crippen molar-refractivity contribution >= 4 is 43.2 Å². The Bertz CT molecular complexity index is 1130. The van der Waals surface area contributed by atoms with Crippen LogP contribution in [0.4, 0.5) is 11.4 Å². The van der Waals surface area contributed by atoms with Gasteiger partial charge < -0.3 is 10.1 Å². The van der Waals surface area contributed by atoms with E-state index in [9.17, 15) is 13.2 Å². The largest absolute Gasteiger partial charge is 0.495 e. The first-order valence-corrected chi connectivity index (χ1v) is 11.4. The third-order valence-electron chi connectivity index (χ3n) is 4.44. The molecule has 0 atom stereocenters. The van der Waals surface area contributed by atoms with E-state index in [2.05, 4.69) is 21.2 Å². The average molecular weight is 489 g/mol. The monoisotopic (exact) mass is 488 g/mol. The maximum Gasteiger partial charge on any atom is 0.264 e. The van der Waals surface area contributed by atoms with E-state index in [4.69, 9.17) is 4.74 Å². The average Bonchev–Trinajstić information content (AvgIpc) is 2.75. The van der Waals surface area contributed by atoms with Crippen molar-refractivity contribution in [3.8, 4) is 5.75 Å². The lowest BCUT2D eigenvalue weighted by molar-refractivity contribution is 0.102. The van der Waals surface area contributed by atoms with Gasteiger partial charge in [0.1, 0.15) is 5.75 Å². The molecule has 0 heterocycles. The summed E-state index contributed by atoms with van der Waals surface area (Å²) in [6.07, 6.45) is 0. The molecule has 8 heteroatoms. The molecule has 0 aliphatic carbocycles. The highest BCUT2D eigenvalue weighted by Crippen LogP contribution is 2.31. The molecule has 0 saturated heterocycles. The van der Waals surface area contributed by atoms with Crippen LogP contribution in [0.3, 0.4) is 0 Å². The topological polar surface area (TPSA) is 75.7 Å². The molecule has 0 unspecified atom stereocenters. The van der Waals surface area contributed by atoms with Gasteiger partial charge in [-0.05, 0) is 61.5 Å². The zero-order chi connectivity index (χ0) is 21.7. The van der Waals surface area contributed by atoms with Crippen LogP contribution < -0.4 is 14.4 Å². The van der Waals surface area contributed by atoms with Gasteiger partial charge in [-0.15, -0.1) is 0 Å². The normalized spacial score (nSPS) is 11.0. The summed E-state index contributed by atoms with van der Waals surface area (Å²) < 4.78 is 34.0. The van der Waals surface area contributed by atoms with E-state index in [-0.39, 0.29) is 23.0 Å². The van der Waals surface area contributed by atoms with Crippen LogP contribution in [0.5, 0.6) is 5.75 Å². The fourth-order valence-electron chi connectivity index (χ4n) is 2.95. The van der Waals surface area contributed by atoms with Gasteiger partial charge >= 0.3 is 0 Å². The number of carbonyl (C=O) groups excluding carboxylic acids is 1. The van der Waals surface area contributed by atoms with Crippen LogP contribution in [0, 0.1) is 0 Å². The molecular formula is C22H21BrN2O4S. The number of ether oxygens (including phenoxy) is 1. The number of methoxy groups -OCH3 is 1. The molecule has 3 aromatic rings. The van der Waals surface area contributed by atoms with Crippen molar-refractivity contribution in [3.05, 3.63) is 82.8 Å². The number of nitrogens with one attached hydrogen (secondary N) is 1. The highest BCUT2D eigenvalue weighted by molar-refractivity contribution is 9.10. The summed E-state index contributed by atoms with van der Waals surface area (Å²) in [5.41, 5.74) is 1.28. The highest BCUT2D eigenvalue weighted by Gasteiger charge is 2.25. The van der Waals surface area contributed by atoms with Crippen molar-refractivity contribution in [2.24, 2.45) is 0 Å². The molecule has 0 aliphatic heterocycles. The lowest BCUT2D eigenvalue weighted by Gasteiger charge is -2.23. The Morgan fingerprint density at radius 3 is 2.30 bits per heavy atom. The number of sulfonamides is 1. The van der Waals surface area contributed by atoms with Gasteiger partial charge in [-0.3, -0.25) is 9.10 Å². The molecule has 0 fully saturated rings. The van der Waals surface area contributed by atoms with Gasteiger partial charge in [0.05, 0.1) is 23.4 Å². The zero-order valence-corrected chi connectivity index (χ0v) is 18.9. The van der Waals surface area contributed by atoms with Crippen molar-refractivity contribution in [3.63, 3.8) is 0 Å². The Morgan fingerprint density at radius 1 is 1.03 bits per heavy atom. The van der Waals surface area contributed by atoms with E-state index in [1.807, 2.05) is 6.07 Å². The number of nitrogens with zero attached hydrogens (tertiary/aromatic N) is 1. The third-order valence-corrected chi connectivity index (χ3v) is 6.87.